The monoisotopic (exact) mass is 476 g/mol. The van der Waals surface area contributed by atoms with E-state index in [9.17, 15) is 9.59 Å². The van der Waals surface area contributed by atoms with E-state index in [1.807, 2.05) is 55.2 Å². The van der Waals surface area contributed by atoms with Crippen LogP contribution in [0.3, 0.4) is 0 Å². The number of benzene rings is 1. The average molecular weight is 477 g/mol. The van der Waals surface area contributed by atoms with Crippen LogP contribution in [0.2, 0.25) is 0 Å². The van der Waals surface area contributed by atoms with Gasteiger partial charge >= 0.3 is 0 Å². The maximum atomic E-state index is 13.5. The van der Waals surface area contributed by atoms with Gasteiger partial charge in [0.25, 0.3) is 0 Å². The zero-order valence-corrected chi connectivity index (χ0v) is 20.7. The van der Waals surface area contributed by atoms with Crippen molar-refractivity contribution in [2.75, 3.05) is 26.2 Å². The highest BCUT2D eigenvalue weighted by molar-refractivity contribution is 5.79. The molecule has 2 aliphatic rings. The molecule has 2 amide bonds. The molecular formula is C28H36N4O3. The number of rotatable bonds is 5. The summed E-state index contributed by atoms with van der Waals surface area (Å²) in [6.07, 6.45) is 9.04. The van der Waals surface area contributed by atoms with E-state index in [1.54, 1.807) is 12.4 Å². The molecule has 35 heavy (non-hydrogen) atoms. The fraction of sp³-hybridized carbons (Fsp3) is 0.464. The number of nitrogens with one attached hydrogen (secondary N) is 1. The maximum Gasteiger partial charge on any atom is 0.236 e. The van der Waals surface area contributed by atoms with Gasteiger partial charge in [0, 0.05) is 56.6 Å². The Morgan fingerprint density at radius 2 is 1.97 bits per heavy atom. The van der Waals surface area contributed by atoms with Gasteiger partial charge in [0.1, 0.15) is 12.4 Å². The number of carbonyl (C=O) groups is 2. The first-order chi connectivity index (χ1) is 17.0. The van der Waals surface area contributed by atoms with Crippen molar-refractivity contribution in [3.05, 3.63) is 72.1 Å². The van der Waals surface area contributed by atoms with Crippen LogP contribution in [0.1, 0.15) is 37.8 Å². The van der Waals surface area contributed by atoms with Crippen molar-refractivity contribution >= 4 is 11.8 Å². The largest absolute Gasteiger partial charge is 0.489 e. The zero-order chi connectivity index (χ0) is 24.6. The molecule has 0 radical (unpaired) electrons. The Labute approximate surface area is 208 Å². The molecule has 0 unspecified atom stereocenters. The fourth-order valence-electron chi connectivity index (χ4n) is 4.94. The summed E-state index contributed by atoms with van der Waals surface area (Å²) in [6.45, 7) is 7.31. The van der Waals surface area contributed by atoms with E-state index in [4.69, 9.17) is 4.74 Å². The third kappa shape index (κ3) is 7.15. The predicted molar refractivity (Wildman–Crippen MR) is 136 cm³/mol. The molecule has 0 aliphatic carbocycles. The molecule has 4 rings (SSSR count). The van der Waals surface area contributed by atoms with E-state index in [1.165, 1.54) is 0 Å². The number of fused-ring (bicyclic) bond motifs is 3. The fourth-order valence-corrected chi connectivity index (χ4v) is 4.94. The van der Waals surface area contributed by atoms with Gasteiger partial charge in [-0.1, -0.05) is 30.4 Å². The standard InChI is InChI=1S/C28H36N4O3/c1-21(2)30-27(33)16-23-11-14-32-19-24(23)7-5-15-35-26-8-4-3-6-25(26)18-31(20-28(32)34)17-22-9-12-29-13-10-22/h3-10,12-13,21,23-24H,11,14-20H2,1-2H3,(H,30,33)/t23-,24-/m0/s1. The number of pyridine rings is 1. The highest BCUT2D eigenvalue weighted by Crippen LogP contribution is 2.29. The van der Waals surface area contributed by atoms with Crippen molar-refractivity contribution in [1.29, 1.82) is 0 Å². The molecule has 2 aromatic rings. The van der Waals surface area contributed by atoms with Crippen molar-refractivity contribution in [3.63, 3.8) is 0 Å². The van der Waals surface area contributed by atoms with Gasteiger partial charge < -0.3 is 15.0 Å². The van der Waals surface area contributed by atoms with Gasteiger partial charge in [-0.3, -0.25) is 19.5 Å². The highest BCUT2D eigenvalue weighted by atomic mass is 16.5. The van der Waals surface area contributed by atoms with Crippen LogP contribution in [0.4, 0.5) is 0 Å². The number of piperidine rings is 1. The van der Waals surface area contributed by atoms with Gasteiger partial charge in [-0.2, -0.15) is 0 Å². The second-order valence-electron chi connectivity index (χ2n) is 9.83. The summed E-state index contributed by atoms with van der Waals surface area (Å²) in [5.41, 5.74) is 2.17. The van der Waals surface area contributed by atoms with Crippen LogP contribution in [0.25, 0.3) is 0 Å². The van der Waals surface area contributed by atoms with Crippen molar-refractivity contribution in [3.8, 4) is 5.75 Å². The Bertz CT molecular complexity index is 1020. The van der Waals surface area contributed by atoms with Crippen LogP contribution in [0, 0.1) is 11.8 Å². The quantitative estimate of drug-likeness (QED) is 0.670. The number of nitrogens with zero attached hydrogens (tertiary/aromatic N) is 3. The number of para-hydroxylation sites is 1. The number of aromatic nitrogens is 1. The molecular weight excluding hydrogens is 440 g/mol. The molecule has 0 spiro atoms. The van der Waals surface area contributed by atoms with Crippen molar-refractivity contribution in [2.45, 2.75) is 45.8 Å². The summed E-state index contributed by atoms with van der Waals surface area (Å²) >= 11 is 0. The lowest BCUT2D eigenvalue weighted by Crippen LogP contribution is -2.48. The molecule has 1 saturated heterocycles. The minimum atomic E-state index is 0.0785. The highest BCUT2D eigenvalue weighted by Gasteiger charge is 2.32. The molecule has 186 valence electrons. The van der Waals surface area contributed by atoms with Gasteiger partial charge in [0.15, 0.2) is 0 Å². The minimum absolute atomic E-state index is 0.0785. The predicted octanol–water partition coefficient (Wildman–Crippen LogP) is 3.41. The van der Waals surface area contributed by atoms with Crippen LogP contribution in [-0.2, 0) is 22.7 Å². The normalized spacial score (nSPS) is 21.3. The van der Waals surface area contributed by atoms with Crippen LogP contribution < -0.4 is 10.1 Å². The van der Waals surface area contributed by atoms with Gasteiger partial charge in [0.2, 0.25) is 11.8 Å². The first-order valence-corrected chi connectivity index (χ1v) is 12.5. The Hall–Kier alpha value is -3.19. The lowest BCUT2D eigenvalue weighted by Gasteiger charge is -2.38. The van der Waals surface area contributed by atoms with E-state index in [0.29, 0.717) is 45.8 Å². The zero-order valence-electron chi connectivity index (χ0n) is 20.7. The van der Waals surface area contributed by atoms with Gasteiger partial charge in [-0.05, 0) is 55.9 Å². The summed E-state index contributed by atoms with van der Waals surface area (Å²) in [5, 5.41) is 3.01. The molecule has 7 nitrogen and oxygen atoms in total. The molecule has 1 aromatic carbocycles. The van der Waals surface area contributed by atoms with Crippen molar-refractivity contribution in [1.82, 2.24) is 20.1 Å². The van der Waals surface area contributed by atoms with Gasteiger partial charge in [-0.25, -0.2) is 0 Å². The summed E-state index contributed by atoms with van der Waals surface area (Å²) in [6, 6.07) is 12.1. The third-order valence-corrected chi connectivity index (χ3v) is 6.66. The molecule has 7 heteroatoms. The van der Waals surface area contributed by atoms with Crippen LogP contribution in [-0.4, -0.2) is 58.9 Å². The summed E-state index contributed by atoms with van der Waals surface area (Å²) in [5.74, 6) is 1.37. The van der Waals surface area contributed by atoms with E-state index in [-0.39, 0.29) is 29.7 Å². The molecule has 0 saturated carbocycles. The first-order valence-electron chi connectivity index (χ1n) is 12.5. The summed E-state index contributed by atoms with van der Waals surface area (Å²) in [7, 11) is 0. The van der Waals surface area contributed by atoms with Crippen molar-refractivity contribution < 1.29 is 14.3 Å². The van der Waals surface area contributed by atoms with E-state index in [0.717, 1.165) is 23.3 Å². The molecule has 2 atom stereocenters. The van der Waals surface area contributed by atoms with Crippen LogP contribution >= 0.6 is 0 Å². The number of carbonyl (C=O) groups excluding carboxylic acids is 2. The molecule has 2 aliphatic heterocycles. The van der Waals surface area contributed by atoms with Gasteiger partial charge in [-0.15, -0.1) is 0 Å². The smallest absolute Gasteiger partial charge is 0.236 e. The lowest BCUT2D eigenvalue weighted by atomic mass is 9.82. The van der Waals surface area contributed by atoms with Gasteiger partial charge in [0.05, 0.1) is 6.54 Å². The second kappa shape index (κ2) is 12.0. The van der Waals surface area contributed by atoms with Crippen LogP contribution in [0.5, 0.6) is 5.75 Å². The topological polar surface area (TPSA) is 74.8 Å². The molecule has 1 fully saturated rings. The Kier molecular flexibility index (Phi) is 8.53. The second-order valence-corrected chi connectivity index (χ2v) is 9.83. The maximum absolute atomic E-state index is 13.5. The minimum Gasteiger partial charge on any atom is -0.489 e. The van der Waals surface area contributed by atoms with Crippen LogP contribution in [0.15, 0.2) is 60.9 Å². The molecule has 2 bridgehead atoms. The first kappa shape index (κ1) is 24.9. The Morgan fingerprint density at radius 1 is 1.17 bits per heavy atom. The Balaban J connectivity index is 1.55. The average Bonchev–Trinajstić information content (AvgIpc) is 2.84. The van der Waals surface area contributed by atoms with E-state index in [2.05, 4.69) is 27.3 Å². The third-order valence-electron chi connectivity index (χ3n) is 6.66. The van der Waals surface area contributed by atoms with E-state index < -0.39 is 0 Å². The number of amides is 2. The Morgan fingerprint density at radius 3 is 2.77 bits per heavy atom. The number of ether oxygens (including phenoxy) is 1. The number of hydrogen-bond donors (Lipinski definition) is 1. The summed E-state index contributed by atoms with van der Waals surface area (Å²) in [4.78, 5) is 34.2. The summed E-state index contributed by atoms with van der Waals surface area (Å²) < 4.78 is 6.13. The van der Waals surface area contributed by atoms with E-state index >= 15 is 0 Å². The molecule has 3 heterocycles. The molecule has 1 aromatic heterocycles. The number of hydrogen-bond acceptors (Lipinski definition) is 5. The lowest BCUT2D eigenvalue weighted by molar-refractivity contribution is -0.135. The van der Waals surface area contributed by atoms with Crippen molar-refractivity contribution in [2.24, 2.45) is 11.8 Å². The molecule has 1 N–H and O–H groups in total. The SMILES string of the molecule is CC(C)NC(=O)C[C@@H]1CCN2C[C@@H]1C=CCOc1ccccc1CN(Cc1ccncc1)CC2=O.